The molecule has 1 heterocycles. The molecule has 1 aromatic rings. The molecule has 5 nitrogen and oxygen atoms in total. The second kappa shape index (κ2) is 7.84. The van der Waals surface area contributed by atoms with E-state index in [1.54, 1.807) is 12.5 Å². The van der Waals surface area contributed by atoms with Gasteiger partial charge in [-0.3, -0.25) is 4.79 Å². The summed E-state index contributed by atoms with van der Waals surface area (Å²) in [5, 5.41) is 2.86. The Balaban J connectivity index is 2.07. The van der Waals surface area contributed by atoms with Crippen LogP contribution in [0.4, 0.5) is 0 Å². The molecule has 0 saturated carbocycles. The number of nitrogens with zero attached hydrogens (tertiary/aromatic N) is 2. The normalized spacial score (nSPS) is 12.4. The molecular weight excluding hydrogens is 216 g/mol. The first-order valence-electron chi connectivity index (χ1n) is 6.23. The van der Waals surface area contributed by atoms with E-state index in [1.165, 1.54) is 0 Å². The molecule has 0 aromatic carbocycles. The third kappa shape index (κ3) is 5.49. The summed E-state index contributed by atoms with van der Waals surface area (Å²) in [7, 11) is 0. The third-order valence-electron chi connectivity index (χ3n) is 2.66. The Morgan fingerprint density at radius 2 is 2.35 bits per heavy atom. The van der Waals surface area contributed by atoms with E-state index < -0.39 is 0 Å². The van der Waals surface area contributed by atoms with Crippen molar-refractivity contribution in [3.05, 3.63) is 18.7 Å². The van der Waals surface area contributed by atoms with Crippen LogP contribution in [0.3, 0.4) is 0 Å². The first-order chi connectivity index (χ1) is 8.24. The maximum Gasteiger partial charge on any atom is 0.236 e. The fourth-order valence-corrected chi connectivity index (χ4v) is 1.58. The zero-order valence-corrected chi connectivity index (χ0v) is 10.4. The zero-order chi connectivity index (χ0) is 12.5. The van der Waals surface area contributed by atoms with Gasteiger partial charge in [-0.05, 0) is 12.8 Å². The summed E-state index contributed by atoms with van der Waals surface area (Å²) in [6, 6.07) is -0.358. The van der Waals surface area contributed by atoms with Crippen molar-refractivity contribution >= 4 is 5.91 Å². The van der Waals surface area contributed by atoms with Crippen LogP contribution in [-0.4, -0.2) is 28.0 Å². The molecule has 0 bridgehead atoms. The largest absolute Gasteiger partial charge is 0.355 e. The Morgan fingerprint density at radius 1 is 1.53 bits per heavy atom. The SMILES string of the molecule is CCCC[C@H](N)C(=O)NCCCn1ccnc1. The van der Waals surface area contributed by atoms with Gasteiger partial charge in [0.2, 0.25) is 5.91 Å². The van der Waals surface area contributed by atoms with Crippen LogP contribution in [0.25, 0.3) is 0 Å². The van der Waals surface area contributed by atoms with Crippen molar-refractivity contribution in [3.8, 4) is 0 Å². The summed E-state index contributed by atoms with van der Waals surface area (Å²) < 4.78 is 1.99. The minimum Gasteiger partial charge on any atom is -0.355 e. The second-order valence-corrected chi connectivity index (χ2v) is 4.19. The first kappa shape index (κ1) is 13.7. The highest BCUT2D eigenvalue weighted by Gasteiger charge is 2.11. The maximum atomic E-state index is 11.6. The van der Waals surface area contributed by atoms with Gasteiger partial charge in [0, 0.05) is 25.5 Å². The van der Waals surface area contributed by atoms with E-state index in [2.05, 4.69) is 17.2 Å². The molecule has 0 aliphatic heterocycles. The van der Waals surface area contributed by atoms with Crippen LogP contribution in [0.15, 0.2) is 18.7 Å². The average molecular weight is 238 g/mol. The van der Waals surface area contributed by atoms with Gasteiger partial charge in [-0.1, -0.05) is 19.8 Å². The van der Waals surface area contributed by atoms with Gasteiger partial charge in [0.15, 0.2) is 0 Å². The van der Waals surface area contributed by atoms with Crippen LogP contribution >= 0.6 is 0 Å². The molecule has 0 aliphatic rings. The van der Waals surface area contributed by atoms with E-state index in [0.29, 0.717) is 6.54 Å². The Labute approximate surface area is 102 Å². The van der Waals surface area contributed by atoms with Crippen molar-refractivity contribution in [2.75, 3.05) is 6.54 Å². The van der Waals surface area contributed by atoms with Gasteiger partial charge in [0.1, 0.15) is 0 Å². The standard InChI is InChI=1S/C12H22N4O/c1-2-3-5-11(13)12(17)15-6-4-8-16-9-7-14-10-16/h7,9-11H,2-6,8,13H2,1H3,(H,15,17)/t11-/m0/s1. The van der Waals surface area contributed by atoms with Crippen molar-refractivity contribution in [1.82, 2.24) is 14.9 Å². The van der Waals surface area contributed by atoms with E-state index in [0.717, 1.165) is 32.2 Å². The number of imidazole rings is 1. The number of nitrogens with one attached hydrogen (secondary N) is 1. The molecule has 96 valence electrons. The van der Waals surface area contributed by atoms with Crippen LogP contribution in [0.2, 0.25) is 0 Å². The number of nitrogens with two attached hydrogens (primary N) is 1. The lowest BCUT2D eigenvalue weighted by atomic mass is 10.1. The van der Waals surface area contributed by atoms with Crippen molar-refractivity contribution in [2.45, 2.75) is 45.2 Å². The molecular formula is C12H22N4O. The minimum absolute atomic E-state index is 0.0379. The summed E-state index contributed by atoms with van der Waals surface area (Å²) in [4.78, 5) is 15.5. The van der Waals surface area contributed by atoms with Gasteiger partial charge >= 0.3 is 0 Å². The number of rotatable bonds is 8. The summed E-state index contributed by atoms with van der Waals surface area (Å²) in [6.45, 7) is 3.62. The van der Waals surface area contributed by atoms with E-state index in [4.69, 9.17) is 5.73 Å². The molecule has 0 aliphatic carbocycles. The Bertz CT molecular complexity index is 310. The van der Waals surface area contributed by atoms with Crippen LogP contribution in [0.1, 0.15) is 32.6 Å². The first-order valence-corrected chi connectivity index (χ1v) is 6.23. The van der Waals surface area contributed by atoms with Crippen LogP contribution in [0, 0.1) is 0 Å². The third-order valence-corrected chi connectivity index (χ3v) is 2.66. The average Bonchev–Trinajstić information content (AvgIpc) is 2.84. The lowest BCUT2D eigenvalue weighted by Crippen LogP contribution is -2.41. The predicted molar refractivity (Wildman–Crippen MR) is 67.4 cm³/mol. The summed E-state index contributed by atoms with van der Waals surface area (Å²) in [5.74, 6) is -0.0379. The molecule has 17 heavy (non-hydrogen) atoms. The number of carbonyl (C=O) groups excluding carboxylic acids is 1. The molecule has 0 saturated heterocycles. The number of aromatic nitrogens is 2. The van der Waals surface area contributed by atoms with Crippen molar-refractivity contribution in [2.24, 2.45) is 5.73 Å². The topological polar surface area (TPSA) is 72.9 Å². The Kier molecular flexibility index (Phi) is 6.32. The van der Waals surface area contributed by atoms with Crippen LogP contribution in [-0.2, 0) is 11.3 Å². The van der Waals surface area contributed by atoms with Gasteiger partial charge in [0.05, 0.1) is 12.4 Å². The summed E-state index contributed by atoms with van der Waals surface area (Å²) in [6.07, 6.45) is 9.17. The summed E-state index contributed by atoms with van der Waals surface area (Å²) >= 11 is 0. The smallest absolute Gasteiger partial charge is 0.236 e. The van der Waals surface area contributed by atoms with E-state index in [1.807, 2.05) is 10.8 Å². The highest BCUT2D eigenvalue weighted by Crippen LogP contribution is 1.98. The van der Waals surface area contributed by atoms with Crippen molar-refractivity contribution in [1.29, 1.82) is 0 Å². The number of unbranched alkanes of at least 4 members (excludes halogenated alkanes) is 1. The summed E-state index contributed by atoms with van der Waals surface area (Å²) in [5.41, 5.74) is 5.75. The van der Waals surface area contributed by atoms with Gasteiger partial charge in [-0.15, -0.1) is 0 Å². The van der Waals surface area contributed by atoms with Crippen LogP contribution in [0.5, 0.6) is 0 Å². The molecule has 0 radical (unpaired) electrons. The highest BCUT2D eigenvalue weighted by molar-refractivity contribution is 5.81. The zero-order valence-electron chi connectivity index (χ0n) is 10.4. The molecule has 3 N–H and O–H groups in total. The highest BCUT2D eigenvalue weighted by atomic mass is 16.2. The van der Waals surface area contributed by atoms with Gasteiger partial charge in [-0.25, -0.2) is 4.98 Å². The molecule has 0 fully saturated rings. The number of aryl methyl sites for hydroxylation is 1. The molecule has 1 amide bonds. The molecule has 1 aromatic heterocycles. The van der Waals surface area contributed by atoms with Crippen molar-refractivity contribution < 1.29 is 4.79 Å². The Morgan fingerprint density at radius 3 is 3.00 bits per heavy atom. The number of amides is 1. The molecule has 1 rings (SSSR count). The van der Waals surface area contributed by atoms with E-state index in [9.17, 15) is 4.79 Å². The molecule has 0 unspecified atom stereocenters. The monoisotopic (exact) mass is 238 g/mol. The maximum absolute atomic E-state index is 11.6. The quantitative estimate of drug-likeness (QED) is 0.661. The number of hydrogen-bond acceptors (Lipinski definition) is 3. The fourth-order valence-electron chi connectivity index (χ4n) is 1.58. The predicted octanol–water partition coefficient (Wildman–Crippen LogP) is 0.907. The molecule has 0 spiro atoms. The lowest BCUT2D eigenvalue weighted by Gasteiger charge is -2.11. The Hall–Kier alpha value is -1.36. The van der Waals surface area contributed by atoms with Crippen LogP contribution < -0.4 is 11.1 Å². The number of hydrogen-bond donors (Lipinski definition) is 2. The molecule has 1 atom stereocenters. The van der Waals surface area contributed by atoms with Crippen molar-refractivity contribution in [3.63, 3.8) is 0 Å². The van der Waals surface area contributed by atoms with Gasteiger partial charge in [-0.2, -0.15) is 0 Å². The van der Waals surface area contributed by atoms with Gasteiger partial charge < -0.3 is 15.6 Å². The fraction of sp³-hybridized carbons (Fsp3) is 0.667. The molecule has 5 heteroatoms. The minimum atomic E-state index is -0.358. The number of carbonyl (C=O) groups is 1. The lowest BCUT2D eigenvalue weighted by molar-refractivity contribution is -0.122. The second-order valence-electron chi connectivity index (χ2n) is 4.19. The van der Waals surface area contributed by atoms with E-state index in [-0.39, 0.29) is 11.9 Å². The van der Waals surface area contributed by atoms with Gasteiger partial charge in [0.25, 0.3) is 0 Å². The van der Waals surface area contributed by atoms with E-state index >= 15 is 0 Å².